The van der Waals surface area contributed by atoms with Crippen molar-refractivity contribution in [1.29, 1.82) is 0 Å². The standard InChI is InChI=1S/C6H12IN3O3S/c1-6(11)8-14(12,13)10-4-2-9(7)3-5-10/h2-5H2,1H3,(H,8,11). The average Bonchev–Trinajstić information content (AvgIpc) is 2.02. The van der Waals surface area contributed by atoms with Gasteiger partial charge < -0.3 is 0 Å². The molecule has 0 aromatic heterocycles. The summed E-state index contributed by atoms with van der Waals surface area (Å²) in [5.41, 5.74) is 0. The molecule has 0 aliphatic carbocycles. The zero-order chi connectivity index (χ0) is 10.8. The highest BCUT2D eigenvalue weighted by atomic mass is 127. The molecule has 0 spiro atoms. The van der Waals surface area contributed by atoms with Gasteiger partial charge in [-0.25, -0.2) is 7.84 Å². The Balaban J connectivity index is 2.60. The van der Waals surface area contributed by atoms with E-state index in [1.54, 1.807) is 0 Å². The molecule has 1 aliphatic heterocycles. The van der Waals surface area contributed by atoms with Crippen molar-refractivity contribution in [2.45, 2.75) is 6.92 Å². The van der Waals surface area contributed by atoms with Crippen molar-refractivity contribution < 1.29 is 13.2 Å². The van der Waals surface area contributed by atoms with Gasteiger partial charge in [0.1, 0.15) is 0 Å². The Morgan fingerprint density at radius 1 is 1.29 bits per heavy atom. The van der Waals surface area contributed by atoms with Crippen LogP contribution in [0, 0.1) is 0 Å². The molecule has 0 radical (unpaired) electrons. The van der Waals surface area contributed by atoms with E-state index >= 15 is 0 Å². The second-order valence-corrected chi connectivity index (χ2v) is 6.01. The fourth-order valence-electron chi connectivity index (χ4n) is 1.15. The van der Waals surface area contributed by atoms with E-state index in [0.717, 1.165) is 0 Å². The normalized spacial score (nSPS) is 20.7. The Bertz CT molecular complexity index is 310. The summed E-state index contributed by atoms with van der Waals surface area (Å²) in [4.78, 5) is 10.6. The highest BCUT2D eigenvalue weighted by molar-refractivity contribution is 14.1. The van der Waals surface area contributed by atoms with Gasteiger partial charge in [0, 0.05) is 56.0 Å². The molecule has 1 heterocycles. The smallest absolute Gasteiger partial charge is 0.274 e. The lowest BCUT2D eigenvalue weighted by Crippen LogP contribution is -2.50. The summed E-state index contributed by atoms with van der Waals surface area (Å²) in [7, 11) is -3.60. The largest absolute Gasteiger partial charge is 0.303 e. The summed E-state index contributed by atoms with van der Waals surface area (Å²) in [6.45, 7) is 3.39. The number of rotatable bonds is 2. The van der Waals surface area contributed by atoms with E-state index in [0.29, 0.717) is 26.2 Å². The molecule has 1 aliphatic rings. The van der Waals surface area contributed by atoms with Crippen molar-refractivity contribution in [3.05, 3.63) is 0 Å². The van der Waals surface area contributed by atoms with Crippen molar-refractivity contribution in [3.8, 4) is 0 Å². The Labute approximate surface area is 97.3 Å². The summed E-state index contributed by atoms with van der Waals surface area (Å²) in [5, 5.41) is 0. The fourth-order valence-corrected chi connectivity index (χ4v) is 2.72. The van der Waals surface area contributed by atoms with Gasteiger partial charge in [0.2, 0.25) is 5.91 Å². The molecule has 1 fully saturated rings. The van der Waals surface area contributed by atoms with Crippen LogP contribution in [0.3, 0.4) is 0 Å². The van der Waals surface area contributed by atoms with Gasteiger partial charge in [-0.05, 0) is 0 Å². The zero-order valence-electron chi connectivity index (χ0n) is 7.73. The molecule has 1 amide bonds. The third kappa shape index (κ3) is 3.33. The number of halogens is 1. The van der Waals surface area contributed by atoms with Gasteiger partial charge >= 0.3 is 10.2 Å². The second kappa shape index (κ2) is 4.73. The SMILES string of the molecule is CC(=O)NS(=O)(=O)N1CCN(I)CC1. The van der Waals surface area contributed by atoms with Crippen LogP contribution in [0.2, 0.25) is 0 Å². The lowest BCUT2D eigenvalue weighted by molar-refractivity contribution is -0.117. The predicted octanol–water partition coefficient (Wildman–Crippen LogP) is -0.665. The average molecular weight is 333 g/mol. The zero-order valence-corrected chi connectivity index (χ0v) is 10.7. The number of hydrogen-bond acceptors (Lipinski definition) is 4. The van der Waals surface area contributed by atoms with Crippen LogP contribution in [-0.4, -0.2) is 47.9 Å². The van der Waals surface area contributed by atoms with Crippen molar-refractivity contribution in [2.75, 3.05) is 26.2 Å². The summed E-state index contributed by atoms with van der Waals surface area (Å²) in [6, 6.07) is 0. The van der Waals surface area contributed by atoms with Gasteiger partial charge in [-0.3, -0.25) is 4.79 Å². The minimum absolute atomic E-state index is 0.422. The summed E-state index contributed by atoms with van der Waals surface area (Å²) >= 11 is 2.14. The molecular formula is C6H12IN3O3S. The molecule has 0 unspecified atom stereocenters. The van der Waals surface area contributed by atoms with Crippen molar-refractivity contribution in [3.63, 3.8) is 0 Å². The number of amides is 1. The topological polar surface area (TPSA) is 69.7 Å². The first-order valence-electron chi connectivity index (χ1n) is 4.11. The van der Waals surface area contributed by atoms with Gasteiger partial charge in [-0.15, -0.1) is 0 Å². The van der Waals surface area contributed by atoms with Crippen LogP contribution in [0.15, 0.2) is 0 Å². The van der Waals surface area contributed by atoms with E-state index < -0.39 is 16.1 Å². The molecule has 8 heteroatoms. The number of carbonyl (C=O) groups is 1. The predicted molar refractivity (Wildman–Crippen MR) is 59.9 cm³/mol. The minimum Gasteiger partial charge on any atom is -0.274 e. The summed E-state index contributed by atoms with van der Waals surface area (Å²) < 4.78 is 28.2. The van der Waals surface area contributed by atoms with Crippen LogP contribution >= 0.6 is 22.9 Å². The van der Waals surface area contributed by atoms with Gasteiger partial charge in [0.25, 0.3) is 0 Å². The second-order valence-electron chi connectivity index (χ2n) is 2.97. The molecule has 0 saturated carbocycles. The van der Waals surface area contributed by atoms with E-state index in [9.17, 15) is 13.2 Å². The number of hydrogen-bond donors (Lipinski definition) is 1. The molecule has 6 nitrogen and oxygen atoms in total. The molecule has 82 valence electrons. The first-order valence-corrected chi connectivity index (χ1v) is 6.51. The molecular weight excluding hydrogens is 321 g/mol. The van der Waals surface area contributed by atoms with Gasteiger partial charge in [-0.2, -0.15) is 12.7 Å². The molecule has 0 atom stereocenters. The van der Waals surface area contributed by atoms with Crippen LogP contribution < -0.4 is 4.72 Å². The third-order valence-electron chi connectivity index (χ3n) is 1.80. The van der Waals surface area contributed by atoms with Crippen LogP contribution in [0.4, 0.5) is 0 Å². The number of piperazine rings is 1. The first-order chi connectivity index (χ1) is 6.42. The van der Waals surface area contributed by atoms with E-state index in [1.807, 2.05) is 7.84 Å². The molecule has 0 aromatic carbocycles. The Morgan fingerprint density at radius 3 is 2.21 bits per heavy atom. The minimum atomic E-state index is -3.60. The van der Waals surface area contributed by atoms with E-state index in [4.69, 9.17) is 0 Å². The van der Waals surface area contributed by atoms with Crippen LogP contribution in [0.1, 0.15) is 6.92 Å². The quantitative estimate of drug-likeness (QED) is 0.538. The number of nitrogens with one attached hydrogen (secondary N) is 1. The highest BCUT2D eigenvalue weighted by Crippen LogP contribution is 2.08. The number of nitrogens with zero attached hydrogens (tertiary/aromatic N) is 2. The van der Waals surface area contributed by atoms with Crippen LogP contribution in [0.25, 0.3) is 0 Å². The van der Waals surface area contributed by atoms with Gasteiger partial charge in [-0.1, -0.05) is 0 Å². The highest BCUT2D eigenvalue weighted by Gasteiger charge is 2.26. The lowest BCUT2D eigenvalue weighted by atomic mass is 10.4. The van der Waals surface area contributed by atoms with E-state index in [2.05, 4.69) is 22.9 Å². The molecule has 14 heavy (non-hydrogen) atoms. The van der Waals surface area contributed by atoms with Crippen molar-refractivity contribution >= 4 is 39.0 Å². The Morgan fingerprint density at radius 2 is 1.79 bits per heavy atom. The molecule has 0 bridgehead atoms. The fraction of sp³-hybridized carbons (Fsp3) is 0.833. The number of carbonyl (C=O) groups excluding carboxylic acids is 1. The van der Waals surface area contributed by atoms with E-state index in [-0.39, 0.29) is 0 Å². The summed E-state index contributed by atoms with van der Waals surface area (Å²) in [6.07, 6.45) is 0. The maximum absolute atomic E-state index is 11.5. The summed E-state index contributed by atoms with van der Waals surface area (Å²) in [5.74, 6) is -0.554. The van der Waals surface area contributed by atoms with Crippen LogP contribution in [-0.2, 0) is 15.0 Å². The van der Waals surface area contributed by atoms with Crippen molar-refractivity contribution in [2.24, 2.45) is 0 Å². The first kappa shape index (κ1) is 12.1. The molecule has 1 saturated heterocycles. The maximum Gasteiger partial charge on any atom is 0.303 e. The molecule has 0 aromatic rings. The Hall–Kier alpha value is 0.0700. The van der Waals surface area contributed by atoms with Gasteiger partial charge in [0.05, 0.1) is 0 Å². The Kier molecular flexibility index (Phi) is 4.10. The van der Waals surface area contributed by atoms with Crippen molar-refractivity contribution in [1.82, 2.24) is 12.1 Å². The monoisotopic (exact) mass is 333 g/mol. The molecule has 1 rings (SSSR count). The van der Waals surface area contributed by atoms with Gasteiger partial charge in [0.15, 0.2) is 0 Å². The molecule has 1 N–H and O–H groups in total. The third-order valence-corrected chi connectivity index (χ3v) is 4.35. The van der Waals surface area contributed by atoms with E-state index in [1.165, 1.54) is 11.2 Å². The lowest BCUT2D eigenvalue weighted by Gasteiger charge is -2.29. The van der Waals surface area contributed by atoms with Crippen LogP contribution in [0.5, 0.6) is 0 Å². The maximum atomic E-state index is 11.5.